The van der Waals surface area contributed by atoms with E-state index >= 15 is 0 Å². The molecule has 0 saturated carbocycles. The summed E-state index contributed by atoms with van der Waals surface area (Å²) in [5.74, 6) is 3.51. The Hall–Kier alpha value is -3.55. The fourth-order valence-electron chi connectivity index (χ4n) is 3.53. The number of ether oxygens (including phenoxy) is 1. The predicted molar refractivity (Wildman–Crippen MR) is 129 cm³/mol. The van der Waals surface area contributed by atoms with Crippen molar-refractivity contribution in [3.8, 4) is 23.8 Å². The highest BCUT2D eigenvalue weighted by atomic mass is 32.2. The van der Waals surface area contributed by atoms with Crippen LogP contribution in [0.15, 0.2) is 53.7 Å². The third kappa shape index (κ3) is 5.83. The molecule has 4 rings (SSSR count). The molecule has 1 fully saturated rings. The lowest BCUT2D eigenvalue weighted by molar-refractivity contribution is -0.113. The molecule has 2 heterocycles. The fraction of sp³-hybridized carbons (Fsp3) is 0.304. The molecule has 1 N–H and O–H groups in total. The molecule has 1 saturated heterocycles. The van der Waals surface area contributed by atoms with Gasteiger partial charge in [-0.05, 0) is 59.0 Å². The molecule has 3 aromatic rings. The van der Waals surface area contributed by atoms with Crippen LogP contribution < -0.4 is 15.0 Å². The van der Waals surface area contributed by atoms with Gasteiger partial charge in [-0.25, -0.2) is 0 Å². The molecule has 0 atom stereocenters. The van der Waals surface area contributed by atoms with Gasteiger partial charge in [0.2, 0.25) is 11.1 Å². The van der Waals surface area contributed by atoms with Gasteiger partial charge < -0.3 is 15.0 Å². The first-order chi connectivity index (χ1) is 16.2. The third-order valence-electron chi connectivity index (χ3n) is 5.29. The van der Waals surface area contributed by atoms with Gasteiger partial charge in [0.15, 0.2) is 0 Å². The van der Waals surface area contributed by atoms with E-state index in [0.717, 1.165) is 49.0 Å². The Balaban J connectivity index is 1.28. The van der Waals surface area contributed by atoms with Crippen LogP contribution in [0.25, 0.3) is 5.69 Å². The van der Waals surface area contributed by atoms with Crippen LogP contribution in [0.1, 0.15) is 0 Å². The van der Waals surface area contributed by atoms with E-state index in [-0.39, 0.29) is 11.7 Å². The Bertz CT molecular complexity index is 1100. The number of hydrogen-bond acceptors (Lipinski definition) is 8. The van der Waals surface area contributed by atoms with Crippen molar-refractivity contribution in [3.05, 3.63) is 48.5 Å². The van der Waals surface area contributed by atoms with Crippen molar-refractivity contribution in [1.29, 1.82) is 0 Å². The molecule has 1 amide bonds. The summed E-state index contributed by atoms with van der Waals surface area (Å²) in [6.07, 6.45) is 5.40. The van der Waals surface area contributed by atoms with Crippen molar-refractivity contribution in [2.45, 2.75) is 5.16 Å². The fourth-order valence-corrected chi connectivity index (χ4v) is 4.22. The Morgan fingerprint density at radius 1 is 1.09 bits per heavy atom. The van der Waals surface area contributed by atoms with E-state index in [9.17, 15) is 4.79 Å². The summed E-state index contributed by atoms with van der Waals surface area (Å²) in [5.41, 5.74) is 2.69. The largest absolute Gasteiger partial charge is 0.497 e. The van der Waals surface area contributed by atoms with E-state index in [1.54, 1.807) is 11.8 Å². The summed E-state index contributed by atoms with van der Waals surface area (Å²) in [6.45, 7) is 4.48. The van der Waals surface area contributed by atoms with Gasteiger partial charge >= 0.3 is 0 Å². The molecule has 33 heavy (non-hydrogen) atoms. The number of nitrogens with one attached hydrogen (secondary N) is 1. The normalized spacial score (nSPS) is 14.0. The molecule has 0 radical (unpaired) electrons. The lowest BCUT2D eigenvalue weighted by atomic mass is 10.2. The van der Waals surface area contributed by atoms with Crippen molar-refractivity contribution < 1.29 is 9.53 Å². The van der Waals surface area contributed by atoms with Gasteiger partial charge in [0.1, 0.15) is 5.75 Å². The van der Waals surface area contributed by atoms with E-state index < -0.39 is 0 Å². The summed E-state index contributed by atoms with van der Waals surface area (Å²) >= 11 is 1.27. The molecule has 1 aliphatic rings. The molecule has 0 aliphatic carbocycles. The van der Waals surface area contributed by atoms with Crippen LogP contribution in [0.3, 0.4) is 0 Å². The van der Waals surface area contributed by atoms with Gasteiger partial charge in [-0.1, -0.05) is 17.7 Å². The average Bonchev–Trinajstić information content (AvgIpc) is 3.33. The zero-order valence-corrected chi connectivity index (χ0v) is 19.2. The second kappa shape index (κ2) is 10.8. The van der Waals surface area contributed by atoms with Crippen LogP contribution >= 0.6 is 11.8 Å². The summed E-state index contributed by atoms with van der Waals surface area (Å²) in [7, 11) is 1.61. The Morgan fingerprint density at radius 3 is 2.45 bits per heavy atom. The van der Waals surface area contributed by atoms with Gasteiger partial charge in [-0.2, -0.15) is 4.68 Å². The number of amides is 1. The van der Waals surface area contributed by atoms with Gasteiger partial charge in [-0.15, -0.1) is 11.5 Å². The Labute approximate surface area is 197 Å². The summed E-state index contributed by atoms with van der Waals surface area (Å²) in [5, 5.41) is 15.2. The van der Waals surface area contributed by atoms with Crippen molar-refractivity contribution in [2.75, 3.05) is 55.8 Å². The molecule has 10 heteroatoms. The zero-order valence-electron chi connectivity index (χ0n) is 18.3. The molecule has 0 unspecified atom stereocenters. The number of tetrazole rings is 1. The van der Waals surface area contributed by atoms with E-state index in [1.165, 1.54) is 11.8 Å². The second-order valence-electron chi connectivity index (χ2n) is 7.42. The monoisotopic (exact) mass is 463 g/mol. The summed E-state index contributed by atoms with van der Waals surface area (Å²) in [4.78, 5) is 17.1. The molecule has 0 bridgehead atoms. The number of methoxy groups -OCH3 is 1. The smallest absolute Gasteiger partial charge is 0.234 e. The topological polar surface area (TPSA) is 88.4 Å². The van der Waals surface area contributed by atoms with Crippen LogP contribution in [-0.4, -0.2) is 76.6 Å². The Morgan fingerprint density at radius 2 is 1.79 bits per heavy atom. The highest BCUT2D eigenvalue weighted by Gasteiger charge is 2.16. The van der Waals surface area contributed by atoms with Gasteiger partial charge in [0.25, 0.3) is 0 Å². The van der Waals surface area contributed by atoms with Gasteiger partial charge in [-0.3, -0.25) is 9.69 Å². The first-order valence-corrected chi connectivity index (χ1v) is 11.5. The predicted octanol–water partition coefficient (Wildman–Crippen LogP) is 2.16. The molecule has 170 valence electrons. The molecule has 0 spiro atoms. The number of terminal acetylenes is 1. The van der Waals surface area contributed by atoms with Gasteiger partial charge in [0.05, 0.1) is 25.1 Å². The minimum atomic E-state index is -0.125. The molecule has 9 nitrogen and oxygen atoms in total. The van der Waals surface area contributed by atoms with E-state index in [1.807, 2.05) is 48.5 Å². The molecular formula is C23H25N7O2S. The van der Waals surface area contributed by atoms with E-state index in [0.29, 0.717) is 11.7 Å². The molecule has 1 aromatic heterocycles. The van der Waals surface area contributed by atoms with Crippen LogP contribution in [0.2, 0.25) is 0 Å². The van der Waals surface area contributed by atoms with Crippen LogP contribution in [0, 0.1) is 12.3 Å². The number of carbonyl (C=O) groups is 1. The highest BCUT2D eigenvalue weighted by Crippen LogP contribution is 2.22. The number of aromatic nitrogens is 4. The highest BCUT2D eigenvalue weighted by molar-refractivity contribution is 7.99. The number of thioether (sulfide) groups is 1. The number of carbonyl (C=O) groups excluding carboxylic acids is 1. The first-order valence-electron chi connectivity index (χ1n) is 10.5. The standard InChI is InChI=1S/C23H25N7O2S/c1-3-12-28-13-15-29(16-14-28)19-6-4-18(5-7-19)24-22(31)17-33-23-25-26-27-30(23)20-8-10-21(32-2)11-9-20/h1,4-11H,12-17H2,2H3,(H,24,31). The number of rotatable bonds is 8. The van der Waals surface area contributed by atoms with Crippen molar-refractivity contribution in [3.63, 3.8) is 0 Å². The number of hydrogen-bond donors (Lipinski definition) is 1. The number of piperazine rings is 1. The van der Waals surface area contributed by atoms with Crippen LogP contribution in [-0.2, 0) is 4.79 Å². The lowest BCUT2D eigenvalue weighted by Gasteiger charge is -2.35. The van der Waals surface area contributed by atoms with E-state index in [2.05, 4.69) is 36.6 Å². The third-order valence-corrected chi connectivity index (χ3v) is 6.21. The molecular weight excluding hydrogens is 438 g/mol. The second-order valence-corrected chi connectivity index (χ2v) is 8.36. The first kappa shape index (κ1) is 22.6. The minimum Gasteiger partial charge on any atom is -0.497 e. The maximum Gasteiger partial charge on any atom is 0.234 e. The van der Waals surface area contributed by atoms with Crippen molar-refractivity contribution >= 4 is 29.0 Å². The molecule has 1 aliphatic heterocycles. The summed E-state index contributed by atoms with van der Waals surface area (Å²) < 4.78 is 6.77. The number of anilines is 2. The van der Waals surface area contributed by atoms with Crippen molar-refractivity contribution in [1.82, 2.24) is 25.1 Å². The number of benzene rings is 2. The van der Waals surface area contributed by atoms with Gasteiger partial charge in [0, 0.05) is 37.6 Å². The minimum absolute atomic E-state index is 0.125. The Kier molecular flexibility index (Phi) is 7.44. The number of nitrogens with zero attached hydrogens (tertiary/aromatic N) is 6. The van der Waals surface area contributed by atoms with Crippen LogP contribution in [0.5, 0.6) is 5.75 Å². The van der Waals surface area contributed by atoms with Crippen LogP contribution in [0.4, 0.5) is 11.4 Å². The SMILES string of the molecule is C#CCN1CCN(c2ccc(NC(=O)CSc3nnnn3-c3ccc(OC)cc3)cc2)CC1. The lowest BCUT2D eigenvalue weighted by Crippen LogP contribution is -2.46. The molecule has 2 aromatic carbocycles. The van der Waals surface area contributed by atoms with Crippen molar-refractivity contribution in [2.24, 2.45) is 0 Å². The average molecular weight is 464 g/mol. The summed E-state index contributed by atoms with van der Waals surface area (Å²) in [6, 6.07) is 15.3. The zero-order chi connectivity index (χ0) is 23.0. The van der Waals surface area contributed by atoms with E-state index in [4.69, 9.17) is 11.2 Å². The maximum absolute atomic E-state index is 12.5. The quantitative estimate of drug-likeness (QED) is 0.402. The maximum atomic E-state index is 12.5.